The Hall–Kier alpha value is -2.56. The Bertz CT molecular complexity index is 943. The number of hydrogen-bond acceptors (Lipinski definition) is 7. The van der Waals surface area contributed by atoms with Gasteiger partial charge in [0.2, 0.25) is 11.8 Å². The van der Waals surface area contributed by atoms with Crippen molar-refractivity contribution in [3.05, 3.63) is 39.9 Å². The predicted octanol–water partition coefficient (Wildman–Crippen LogP) is 2.84. The molecule has 2 aliphatic heterocycles. The Balaban J connectivity index is 1.43. The fraction of sp³-hybridized carbons (Fsp3) is 0.714. The van der Waals surface area contributed by atoms with Crippen molar-refractivity contribution in [1.29, 1.82) is 0 Å². The van der Waals surface area contributed by atoms with E-state index in [9.17, 15) is 19.7 Å². The summed E-state index contributed by atoms with van der Waals surface area (Å²) in [5.41, 5.74) is 6.88. The van der Waals surface area contributed by atoms with E-state index in [-0.39, 0.29) is 29.6 Å². The topological polar surface area (TPSA) is 131 Å². The SMILES string of the molecule is CC(=O)N1CCC(N(Cc2ccc([N+](=O)[O-])cc2)CC2CCCO2)C[C@@H]1C(=O)NCC1CCC(CN)CC1. The molecule has 3 fully saturated rings. The van der Waals surface area contributed by atoms with Gasteiger partial charge in [0, 0.05) is 57.9 Å². The Kier molecular flexibility index (Phi) is 10.1. The molecule has 2 amide bonds. The first-order valence-corrected chi connectivity index (χ1v) is 14.2. The van der Waals surface area contributed by atoms with Crippen LogP contribution in [-0.2, 0) is 20.9 Å². The molecule has 1 aliphatic carbocycles. The Morgan fingerprint density at radius 2 is 1.84 bits per heavy atom. The predicted molar refractivity (Wildman–Crippen MR) is 144 cm³/mol. The fourth-order valence-electron chi connectivity index (χ4n) is 6.29. The molecule has 2 saturated heterocycles. The third-order valence-electron chi connectivity index (χ3n) is 8.66. The monoisotopic (exact) mass is 529 g/mol. The Morgan fingerprint density at radius 3 is 2.45 bits per heavy atom. The van der Waals surface area contributed by atoms with Crippen LogP contribution in [0, 0.1) is 22.0 Å². The Morgan fingerprint density at radius 1 is 1.13 bits per heavy atom. The summed E-state index contributed by atoms with van der Waals surface area (Å²) in [6.45, 7) is 5.56. The fourth-order valence-corrected chi connectivity index (χ4v) is 6.29. The zero-order valence-electron chi connectivity index (χ0n) is 22.6. The van der Waals surface area contributed by atoms with E-state index >= 15 is 0 Å². The number of rotatable bonds is 10. The van der Waals surface area contributed by atoms with Crippen molar-refractivity contribution in [3.63, 3.8) is 0 Å². The van der Waals surface area contributed by atoms with Crippen molar-refractivity contribution in [2.75, 3.05) is 32.8 Å². The summed E-state index contributed by atoms with van der Waals surface area (Å²) in [7, 11) is 0. The van der Waals surface area contributed by atoms with Crippen molar-refractivity contribution in [1.82, 2.24) is 15.1 Å². The molecule has 38 heavy (non-hydrogen) atoms. The zero-order valence-corrected chi connectivity index (χ0v) is 22.6. The van der Waals surface area contributed by atoms with Gasteiger partial charge in [-0.05, 0) is 75.3 Å². The van der Waals surface area contributed by atoms with E-state index in [1.807, 2.05) is 0 Å². The van der Waals surface area contributed by atoms with E-state index in [2.05, 4.69) is 10.2 Å². The van der Waals surface area contributed by atoms with Crippen molar-refractivity contribution < 1.29 is 19.2 Å². The van der Waals surface area contributed by atoms with Gasteiger partial charge in [-0.2, -0.15) is 0 Å². The number of nitro groups is 1. The molecule has 0 aromatic heterocycles. The molecule has 0 spiro atoms. The van der Waals surface area contributed by atoms with Gasteiger partial charge in [0.25, 0.3) is 5.69 Å². The molecular formula is C28H43N5O5. The van der Waals surface area contributed by atoms with Crippen molar-refractivity contribution in [2.24, 2.45) is 17.6 Å². The van der Waals surface area contributed by atoms with E-state index < -0.39 is 11.0 Å². The summed E-state index contributed by atoms with van der Waals surface area (Å²) in [5, 5.41) is 14.3. The molecule has 210 valence electrons. The molecule has 2 unspecified atom stereocenters. The minimum atomic E-state index is -0.504. The van der Waals surface area contributed by atoms with Crippen LogP contribution in [-0.4, -0.2) is 77.5 Å². The van der Waals surface area contributed by atoms with Gasteiger partial charge in [-0.25, -0.2) is 0 Å². The number of benzene rings is 1. The van der Waals surface area contributed by atoms with E-state index in [1.165, 1.54) is 19.1 Å². The van der Waals surface area contributed by atoms with Crippen LogP contribution in [0.4, 0.5) is 5.69 Å². The molecule has 10 nitrogen and oxygen atoms in total. The van der Waals surface area contributed by atoms with E-state index in [0.29, 0.717) is 37.9 Å². The smallest absolute Gasteiger partial charge is 0.269 e. The molecule has 3 N–H and O–H groups in total. The number of nitro benzene ring substituents is 1. The van der Waals surface area contributed by atoms with Crippen LogP contribution >= 0.6 is 0 Å². The van der Waals surface area contributed by atoms with E-state index in [4.69, 9.17) is 10.5 Å². The number of nitrogens with zero attached hydrogens (tertiary/aromatic N) is 3. The minimum absolute atomic E-state index is 0.0711. The lowest BCUT2D eigenvalue weighted by molar-refractivity contribution is -0.384. The standard InChI is InChI=1S/C28H43N5O5/c1-20(34)32-13-12-25(15-27(32)28(35)30-17-22-6-4-21(16-29)5-7-22)31(19-26-3-2-14-38-26)18-23-8-10-24(11-9-23)33(36)37/h8-11,21-22,25-27H,2-7,12-19,29H2,1H3,(H,30,35)/t21?,22?,25?,26?,27-/m1/s1. The molecule has 4 rings (SSSR count). The van der Waals surface area contributed by atoms with Gasteiger partial charge in [0.1, 0.15) is 6.04 Å². The number of hydrogen-bond donors (Lipinski definition) is 2. The molecule has 1 saturated carbocycles. The Labute approximate surface area is 225 Å². The van der Waals surface area contributed by atoms with Gasteiger partial charge in [-0.3, -0.25) is 24.6 Å². The number of nitrogens with one attached hydrogen (secondary N) is 1. The quantitative estimate of drug-likeness (QED) is 0.352. The zero-order chi connectivity index (χ0) is 27.1. The van der Waals surface area contributed by atoms with Gasteiger partial charge in [0.05, 0.1) is 11.0 Å². The van der Waals surface area contributed by atoms with E-state index in [1.54, 1.807) is 17.0 Å². The first-order valence-electron chi connectivity index (χ1n) is 14.2. The second-order valence-corrected chi connectivity index (χ2v) is 11.3. The molecule has 0 radical (unpaired) electrons. The minimum Gasteiger partial charge on any atom is -0.377 e. The summed E-state index contributed by atoms with van der Waals surface area (Å²) in [6.07, 6.45) is 7.89. The van der Waals surface area contributed by atoms with Crippen LogP contribution in [0.5, 0.6) is 0 Å². The van der Waals surface area contributed by atoms with Crippen molar-refractivity contribution in [2.45, 2.75) is 83.0 Å². The number of ether oxygens (including phenoxy) is 1. The summed E-state index contributed by atoms with van der Waals surface area (Å²) >= 11 is 0. The number of nitrogens with two attached hydrogens (primary N) is 1. The number of amides is 2. The maximum absolute atomic E-state index is 13.4. The van der Waals surface area contributed by atoms with Gasteiger partial charge in [-0.1, -0.05) is 12.1 Å². The first-order chi connectivity index (χ1) is 18.3. The highest BCUT2D eigenvalue weighted by atomic mass is 16.6. The molecule has 1 aromatic carbocycles. The lowest BCUT2D eigenvalue weighted by Gasteiger charge is -2.43. The molecule has 2 heterocycles. The number of carbonyl (C=O) groups is 2. The first kappa shape index (κ1) is 28.4. The second kappa shape index (κ2) is 13.5. The molecule has 3 atom stereocenters. The summed E-state index contributed by atoms with van der Waals surface area (Å²) in [6, 6.07) is 6.27. The average Bonchev–Trinajstić information content (AvgIpc) is 3.44. The van der Waals surface area contributed by atoms with Gasteiger partial charge in [-0.15, -0.1) is 0 Å². The van der Waals surface area contributed by atoms with Crippen LogP contribution in [0.3, 0.4) is 0 Å². The van der Waals surface area contributed by atoms with Crippen molar-refractivity contribution >= 4 is 17.5 Å². The summed E-state index contributed by atoms with van der Waals surface area (Å²) in [4.78, 5) is 40.6. The van der Waals surface area contributed by atoms with Crippen molar-refractivity contribution in [3.8, 4) is 0 Å². The van der Waals surface area contributed by atoms with Gasteiger partial charge < -0.3 is 20.7 Å². The highest BCUT2D eigenvalue weighted by Gasteiger charge is 2.38. The number of non-ortho nitro benzene ring substituents is 1. The molecule has 10 heteroatoms. The normalized spacial score (nSPS) is 27.9. The van der Waals surface area contributed by atoms with Gasteiger partial charge >= 0.3 is 0 Å². The number of likely N-dealkylation sites (tertiary alicyclic amines) is 1. The van der Waals surface area contributed by atoms with E-state index in [0.717, 1.165) is 70.2 Å². The maximum atomic E-state index is 13.4. The van der Waals surface area contributed by atoms with Crippen LogP contribution in [0.15, 0.2) is 24.3 Å². The molecule has 0 bridgehead atoms. The number of piperidine rings is 1. The average molecular weight is 530 g/mol. The third kappa shape index (κ3) is 7.51. The lowest BCUT2D eigenvalue weighted by Crippen LogP contribution is -2.57. The van der Waals surface area contributed by atoms with Gasteiger partial charge in [0.15, 0.2) is 0 Å². The van der Waals surface area contributed by atoms with Crippen LogP contribution in [0.1, 0.15) is 63.9 Å². The maximum Gasteiger partial charge on any atom is 0.269 e. The van der Waals surface area contributed by atoms with Crippen LogP contribution in [0.2, 0.25) is 0 Å². The highest BCUT2D eigenvalue weighted by Crippen LogP contribution is 2.29. The molecular weight excluding hydrogens is 486 g/mol. The van der Waals surface area contributed by atoms with Crippen LogP contribution < -0.4 is 11.1 Å². The second-order valence-electron chi connectivity index (χ2n) is 11.3. The summed E-state index contributed by atoms with van der Waals surface area (Å²) < 4.78 is 5.93. The third-order valence-corrected chi connectivity index (χ3v) is 8.66. The summed E-state index contributed by atoms with van der Waals surface area (Å²) in [5.74, 6) is 0.913. The van der Waals surface area contributed by atoms with Crippen LogP contribution in [0.25, 0.3) is 0 Å². The highest BCUT2D eigenvalue weighted by molar-refractivity contribution is 5.87. The lowest BCUT2D eigenvalue weighted by atomic mass is 9.82. The molecule has 3 aliphatic rings. The molecule has 1 aromatic rings. The number of carbonyl (C=O) groups excluding carboxylic acids is 2. The largest absolute Gasteiger partial charge is 0.377 e.